The number of aromatic nitrogens is 2. The lowest BCUT2D eigenvalue weighted by Crippen LogP contribution is -2.25. The third kappa shape index (κ3) is 3.67. The van der Waals surface area contributed by atoms with Gasteiger partial charge in [-0.25, -0.2) is 0 Å². The molecule has 1 N–H and O–H groups in total. The average Bonchev–Trinajstić information content (AvgIpc) is 2.88. The van der Waals surface area contributed by atoms with Crippen LogP contribution in [-0.2, 0) is 13.0 Å². The Labute approximate surface area is 115 Å². The van der Waals surface area contributed by atoms with Crippen LogP contribution >= 0.6 is 0 Å². The van der Waals surface area contributed by atoms with E-state index in [1.165, 1.54) is 11.3 Å². The molecule has 0 radical (unpaired) electrons. The van der Waals surface area contributed by atoms with Gasteiger partial charge in [-0.05, 0) is 31.0 Å². The molecule has 3 nitrogen and oxygen atoms in total. The predicted octanol–water partition coefficient (Wildman–Crippen LogP) is 3.19. The third-order valence-corrected chi connectivity index (χ3v) is 3.27. The van der Waals surface area contributed by atoms with Gasteiger partial charge in [0.25, 0.3) is 0 Å². The lowest BCUT2D eigenvalue weighted by Gasteiger charge is -2.19. The Hall–Kier alpha value is -1.61. The summed E-state index contributed by atoms with van der Waals surface area (Å²) in [5.74, 6) is 0. The van der Waals surface area contributed by atoms with E-state index in [0.29, 0.717) is 6.04 Å². The smallest absolute Gasteiger partial charge is 0.0556 e. The minimum absolute atomic E-state index is 0.335. The van der Waals surface area contributed by atoms with E-state index in [9.17, 15) is 0 Å². The first-order chi connectivity index (χ1) is 9.35. The summed E-state index contributed by atoms with van der Waals surface area (Å²) in [6.07, 6.45) is 4.02. The van der Waals surface area contributed by atoms with Crippen molar-refractivity contribution in [1.82, 2.24) is 15.1 Å². The molecule has 0 fully saturated rings. The van der Waals surface area contributed by atoms with Crippen LogP contribution in [0, 0.1) is 0 Å². The number of benzene rings is 1. The highest BCUT2D eigenvalue weighted by Crippen LogP contribution is 2.18. The van der Waals surface area contributed by atoms with Crippen LogP contribution in [0.5, 0.6) is 0 Å². The lowest BCUT2D eigenvalue weighted by molar-refractivity contribution is 0.478. The number of aryl methyl sites for hydroxylation is 1. The van der Waals surface area contributed by atoms with Gasteiger partial charge in [0.2, 0.25) is 0 Å². The quantitative estimate of drug-likeness (QED) is 0.825. The van der Waals surface area contributed by atoms with Crippen molar-refractivity contribution in [3.05, 3.63) is 53.9 Å². The summed E-state index contributed by atoms with van der Waals surface area (Å²) >= 11 is 0. The maximum Gasteiger partial charge on any atom is 0.0556 e. The molecule has 2 aromatic rings. The molecule has 1 unspecified atom stereocenters. The first-order valence-corrected chi connectivity index (χ1v) is 7.14. The van der Waals surface area contributed by atoms with Gasteiger partial charge in [0.15, 0.2) is 0 Å². The highest BCUT2D eigenvalue weighted by molar-refractivity contribution is 5.19. The minimum atomic E-state index is 0.335. The summed E-state index contributed by atoms with van der Waals surface area (Å²) in [6.45, 7) is 6.29. The molecule has 1 atom stereocenters. The third-order valence-electron chi connectivity index (χ3n) is 3.27. The predicted molar refractivity (Wildman–Crippen MR) is 79.1 cm³/mol. The SMILES string of the molecule is CCCn1nccc1C(Cc1ccccc1)NCC. The Morgan fingerprint density at radius 3 is 2.63 bits per heavy atom. The van der Waals surface area contributed by atoms with Crippen LogP contribution < -0.4 is 5.32 Å². The maximum atomic E-state index is 4.43. The maximum absolute atomic E-state index is 4.43. The molecule has 0 aliphatic heterocycles. The number of nitrogens with one attached hydrogen (secondary N) is 1. The molecule has 0 bridgehead atoms. The van der Waals surface area contributed by atoms with Crippen molar-refractivity contribution >= 4 is 0 Å². The first-order valence-electron chi connectivity index (χ1n) is 7.14. The minimum Gasteiger partial charge on any atom is -0.309 e. The van der Waals surface area contributed by atoms with E-state index in [0.717, 1.165) is 25.9 Å². The highest BCUT2D eigenvalue weighted by Gasteiger charge is 2.15. The summed E-state index contributed by atoms with van der Waals surface area (Å²) < 4.78 is 2.12. The second-order valence-corrected chi connectivity index (χ2v) is 4.78. The van der Waals surface area contributed by atoms with Gasteiger partial charge in [0.1, 0.15) is 0 Å². The normalized spacial score (nSPS) is 12.5. The molecule has 0 spiro atoms. The van der Waals surface area contributed by atoms with Gasteiger partial charge in [-0.2, -0.15) is 5.10 Å². The van der Waals surface area contributed by atoms with Crippen molar-refractivity contribution in [2.75, 3.05) is 6.54 Å². The molecule has 1 aromatic heterocycles. The van der Waals surface area contributed by atoms with Gasteiger partial charge in [0, 0.05) is 12.7 Å². The molecule has 102 valence electrons. The first kappa shape index (κ1) is 13.8. The van der Waals surface area contributed by atoms with E-state index in [2.05, 4.69) is 65.3 Å². The van der Waals surface area contributed by atoms with E-state index < -0.39 is 0 Å². The fourth-order valence-electron chi connectivity index (χ4n) is 2.42. The second-order valence-electron chi connectivity index (χ2n) is 4.78. The number of nitrogens with zero attached hydrogens (tertiary/aromatic N) is 2. The van der Waals surface area contributed by atoms with Gasteiger partial charge in [-0.15, -0.1) is 0 Å². The number of likely N-dealkylation sites (N-methyl/N-ethyl adjacent to an activating group) is 1. The molecular weight excluding hydrogens is 234 g/mol. The molecule has 3 heteroatoms. The van der Waals surface area contributed by atoms with Crippen LogP contribution in [0.3, 0.4) is 0 Å². The Morgan fingerprint density at radius 1 is 1.16 bits per heavy atom. The molecule has 19 heavy (non-hydrogen) atoms. The highest BCUT2D eigenvalue weighted by atomic mass is 15.3. The van der Waals surface area contributed by atoms with E-state index in [-0.39, 0.29) is 0 Å². The zero-order valence-corrected chi connectivity index (χ0v) is 11.8. The number of hydrogen-bond acceptors (Lipinski definition) is 2. The van der Waals surface area contributed by atoms with E-state index in [1.807, 2.05) is 6.20 Å². The largest absolute Gasteiger partial charge is 0.309 e. The molecule has 0 saturated heterocycles. The van der Waals surface area contributed by atoms with E-state index in [4.69, 9.17) is 0 Å². The van der Waals surface area contributed by atoms with Crippen molar-refractivity contribution < 1.29 is 0 Å². The average molecular weight is 257 g/mol. The second kappa shape index (κ2) is 7.10. The zero-order valence-electron chi connectivity index (χ0n) is 11.8. The summed E-state index contributed by atoms with van der Waals surface area (Å²) in [5, 5.41) is 8.00. The van der Waals surface area contributed by atoms with Crippen molar-refractivity contribution in [3.8, 4) is 0 Å². The van der Waals surface area contributed by atoms with E-state index in [1.54, 1.807) is 0 Å². The Bertz CT molecular complexity index is 476. The molecule has 0 aliphatic rings. The standard InChI is InChI=1S/C16H23N3/c1-3-12-19-16(10-11-18-19)15(17-4-2)13-14-8-6-5-7-9-14/h5-11,15,17H,3-4,12-13H2,1-2H3. The Balaban J connectivity index is 2.17. The fourth-order valence-corrected chi connectivity index (χ4v) is 2.42. The van der Waals surface area contributed by atoms with E-state index >= 15 is 0 Å². The monoisotopic (exact) mass is 257 g/mol. The molecule has 2 rings (SSSR count). The molecule has 1 aromatic carbocycles. The molecule has 0 amide bonds. The van der Waals surface area contributed by atoms with Crippen LogP contribution in [0.25, 0.3) is 0 Å². The van der Waals surface area contributed by atoms with Gasteiger partial charge < -0.3 is 5.32 Å². The van der Waals surface area contributed by atoms with Gasteiger partial charge in [-0.1, -0.05) is 44.2 Å². The summed E-state index contributed by atoms with van der Waals surface area (Å²) in [5.41, 5.74) is 2.64. The van der Waals surface area contributed by atoms with Crippen molar-refractivity contribution in [1.29, 1.82) is 0 Å². The van der Waals surface area contributed by atoms with Gasteiger partial charge in [0.05, 0.1) is 11.7 Å². The van der Waals surface area contributed by atoms with Crippen LogP contribution in [0.4, 0.5) is 0 Å². The van der Waals surface area contributed by atoms with Crippen LogP contribution in [0.2, 0.25) is 0 Å². The molecule has 0 saturated carbocycles. The lowest BCUT2D eigenvalue weighted by atomic mass is 10.0. The summed E-state index contributed by atoms with van der Waals surface area (Å²) in [7, 11) is 0. The molecular formula is C16H23N3. The van der Waals surface area contributed by atoms with Crippen molar-refractivity contribution in [3.63, 3.8) is 0 Å². The van der Waals surface area contributed by atoms with Gasteiger partial charge in [-0.3, -0.25) is 4.68 Å². The zero-order chi connectivity index (χ0) is 13.5. The van der Waals surface area contributed by atoms with Crippen molar-refractivity contribution in [2.45, 2.75) is 39.3 Å². The number of rotatable bonds is 7. The summed E-state index contributed by atoms with van der Waals surface area (Å²) in [4.78, 5) is 0. The fraction of sp³-hybridized carbons (Fsp3) is 0.438. The number of hydrogen-bond donors (Lipinski definition) is 1. The summed E-state index contributed by atoms with van der Waals surface area (Å²) in [6, 6.07) is 13.1. The topological polar surface area (TPSA) is 29.9 Å². The Morgan fingerprint density at radius 2 is 1.95 bits per heavy atom. The van der Waals surface area contributed by atoms with Gasteiger partial charge >= 0.3 is 0 Å². The van der Waals surface area contributed by atoms with Crippen LogP contribution in [0.1, 0.15) is 37.6 Å². The Kier molecular flexibility index (Phi) is 5.16. The molecule has 0 aliphatic carbocycles. The van der Waals surface area contributed by atoms with Crippen LogP contribution in [0.15, 0.2) is 42.6 Å². The van der Waals surface area contributed by atoms with Crippen LogP contribution in [-0.4, -0.2) is 16.3 Å². The van der Waals surface area contributed by atoms with Crippen molar-refractivity contribution in [2.24, 2.45) is 0 Å². The molecule has 1 heterocycles.